The average Bonchev–Trinajstić information content (AvgIpc) is 3.12. The van der Waals surface area contributed by atoms with Crippen LogP contribution in [0.25, 0.3) is 28.2 Å². The van der Waals surface area contributed by atoms with Gasteiger partial charge in [-0.1, -0.05) is 24.3 Å². The lowest BCUT2D eigenvalue weighted by Crippen LogP contribution is -1.89. The van der Waals surface area contributed by atoms with Crippen molar-refractivity contribution in [3.63, 3.8) is 0 Å². The summed E-state index contributed by atoms with van der Waals surface area (Å²) in [6.07, 6.45) is 5.68. The predicted molar refractivity (Wildman–Crippen MR) is 94.5 cm³/mol. The van der Waals surface area contributed by atoms with Crippen molar-refractivity contribution in [3.8, 4) is 22.4 Å². The third-order valence-corrected chi connectivity index (χ3v) is 4.56. The second kappa shape index (κ2) is 5.34. The molecular formula is C20H18FN3. The fourth-order valence-corrected chi connectivity index (χ4v) is 2.95. The number of hydrogen-bond acceptors (Lipinski definition) is 1. The summed E-state index contributed by atoms with van der Waals surface area (Å²) in [4.78, 5) is 4.52. The van der Waals surface area contributed by atoms with Crippen LogP contribution in [0.2, 0.25) is 0 Å². The standard InChI is InChI=1S/C20H18FN3/c1-13-4-5-15(10-14(13)2)16-6-7-17(18(21)11-16)19-12-24-9-8-23(3)20(24)22-19/h4-12H,1-3H3. The zero-order valence-corrected chi connectivity index (χ0v) is 13.9. The first-order valence-electron chi connectivity index (χ1n) is 7.90. The van der Waals surface area contributed by atoms with E-state index in [2.05, 4.69) is 31.0 Å². The van der Waals surface area contributed by atoms with Crippen LogP contribution in [0, 0.1) is 19.7 Å². The van der Waals surface area contributed by atoms with Crippen LogP contribution in [0.4, 0.5) is 4.39 Å². The Kier molecular flexibility index (Phi) is 3.27. The van der Waals surface area contributed by atoms with Crippen LogP contribution in [0.5, 0.6) is 0 Å². The Balaban J connectivity index is 1.77. The van der Waals surface area contributed by atoms with Gasteiger partial charge < -0.3 is 4.57 Å². The first-order chi connectivity index (χ1) is 11.5. The molecule has 4 aromatic rings. The van der Waals surface area contributed by atoms with Crippen molar-refractivity contribution in [2.24, 2.45) is 7.05 Å². The van der Waals surface area contributed by atoms with Gasteiger partial charge in [0, 0.05) is 31.2 Å². The molecule has 24 heavy (non-hydrogen) atoms. The lowest BCUT2D eigenvalue weighted by molar-refractivity contribution is 0.631. The molecule has 0 radical (unpaired) electrons. The van der Waals surface area contributed by atoms with Crippen molar-refractivity contribution >= 4 is 5.78 Å². The predicted octanol–water partition coefficient (Wildman–Crippen LogP) is 4.76. The summed E-state index contributed by atoms with van der Waals surface area (Å²) in [6.45, 7) is 4.15. The van der Waals surface area contributed by atoms with Crippen molar-refractivity contribution in [1.29, 1.82) is 0 Å². The lowest BCUT2D eigenvalue weighted by Gasteiger charge is -2.07. The fraction of sp³-hybridized carbons (Fsp3) is 0.150. The maximum Gasteiger partial charge on any atom is 0.214 e. The summed E-state index contributed by atoms with van der Waals surface area (Å²) in [5.41, 5.74) is 5.51. The molecule has 0 saturated heterocycles. The SMILES string of the molecule is Cc1ccc(-c2ccc(-c3cn4ccn(C)c4n3)c(F)c2)cc1C. The van der Waals surface area contributed by atoms with Crippen LogP contribution in [0.15, 0.2) is 55.0 Å². The van der Waals surface area contributed by atoms with Crippen molar-refractivity contribution in [1.82, 2.24) is 14.0 Å². The molecule has 2 aromatic heterocycles. The topological polar surface area (TPSA) is 22.2 Å². The smallest absolute Gasteiger partial charge is 0.214 e. The molecule has 120 valence electrons. The Labute approximate surface area is 140 Å². The first kappa shape index (κ1) is 14.7. The second-order valence-electron chi connectivity index (χ2n) is 6.24. The molecule has 0 aliphatic carbocycles. The molecule has 0 aliphatic heterocycles. The van der Waals surface area contributed by atoms with Gasteiger partial charge in [-0.25, -0.2) is 9.37 Å². The molecule has 0 saturated carbocycles. The molecule has 0 aliphatic rings. The molecule has 3 nitrogen and oxygen atoms in total. The van der Waals surface area contributed by atoms with Gasteiger partial charge in [-0.3, -0.25) is 4.40 Å². The van der Waals surface area contributed by atoms with Crippen LogP contribution in [0.3, 0.4) is 0 Å². The Morgan fingerprint density at radius 3 is 2.38 bits per heavy atom. The van der Waals surface area contributed by atoms with Gasteiger partial charge in [0.15, 0.2) is 0 Å². The van der Waals surface area contributed by atoms with Crippen molar-refractivity contribution in [2.45, 2.75) is 13.8 Å². The van der Waals surface area contributed by atoms with Gasteiger partial charge in [0.25, 0.3) is 0 Å². The lowest BCUT2D eigenvalue weighted by atomic mass is 9.99. The summed E-state index contributed by atoms with van der Waals surface area (Å²) in [7, 11) is 1.92. The second-order valence-corrected chi connectivity index (χ2v) is 6.24. The molecule has 0 N–H and O–H groups in total. The Hall–Kier alpha value is -2.88. The van der Waals surface area contributed by atoms with Gasteiger partial charge >= 0.3 is 0 Å². The van der Waals surface area contributed by atoms with Crippen LogP contribution >= 0.6 is 0 Å². The summed E-state index contributed by atoms with van der Waals surface area (Å²) in [6, 6.07) is 11.5. The molecule has 2 aromatic carbocycles. The van der Waals surface area contributed by atoms with E-state index in [1.165, 1.54) is 11.1 Å². The minimum Gasteiger partial charge on any atom is -0.320 e. The highest BCUT2D eigenvalue weighted by atomic mass is 19.1. The molecule has 4 heteroatoms. The monoisotopic (exact) mass is 319 g/mol. The molecule has 0 fully saturated rings. The highest BCUT2D eigenvalue weighted by molar-refractivity contribution is 5.70. The number of imidazole rings is 2. The molecule has 0 amide bonds. The maximum absolute atomic E-state index is 14.7. The maximum atomic E-state index is 14.7. The zero-order valence-electron chi connectivity index (χ0n) is 13.9. The molecular weight excluding hydrogens is 301 g/mol. The van der Waals surface area contributed by atoms with Gasteiger partial charge in [0.2, 0.25) is 5.78 Å². The van der Waals surface area contributed by atoms with Gasteiger partial charge in [0.05, 0.1) is 5.69 Å². The van der Waals surface area contributed by atoms with E-state index in [-0.39, 0.29) is 5.82 Å². The number of nitrogens with zero attached hydrogens (tertiary/aromatic N) is 3. The third kappa shape index (κ3) is 2.31. The van der Waals surface area contributed by atoms with E-state index in [9.17, 15) is 4.39 Å². The molecule has 4 rings (SSSR count). The summed E-state index contributed by atoms with van der Waals surface area (Å²) in [5.74, 6) is 0.539. The molecule has 0 atom stereocenters. The van der Waals surface area contributed by atoms with Gasteiger partial charge in [-0.05, 0) is 48.2 Å². The Morgan fingerprint density at radius 1 is 0.917 bits per heavy atom. The van der Waals surface area contributed by atoms with E-state index >= 15 is 0 Å². The fourth-order valence-electron chi connectivity index (χ4n) is 2.95. The average molecular weight is 319 g/mol. The largest absolute Gasteiger partial charge is 0.320 e. The third-order valence-electron chi connectivity index (χ3n) is 4.56. The minimum atomic E-state index is -0.255. The van der Waals surface area contributed by atoms with E-state index in [0.717, 1.165) is 16.9 Å². The van der Waals surface area contributed by atoms with E-state index in [1.54, 1.807) is 6.07 Å². The van der Waals surface area contributed by atoms with Crippen molar-refractivity contribution < 1.29 is 4.39 Å². The van der Waals surface area contributed by atoms with Crippen LogP contribution < -0.4 is 0 Å². The first-order valence-corrected chi connectivity index (χ1v) is 7.90. The van der Waals surface area contributed by atoms with Crippen LogP contribution in [-0.4, -0.2) is 14.0 Å². The molecule has 0 bridgehead atoms. The number of fused-ring (bicyclic) bond motifs is 1. The van der Waals surface area contributed by atoms with Crippen LogP contribution in [-0.2, 0) is 7.05 Å². The van der Waals surface area contributed by atoms with Crippen molar-refractivity contribution in [2.75, 3.05) is 0 Å². The quantitative estimate of drug-likeness (QED) is 0.522. The number of halogens is 1. The minimum absolute atomic E-state index is 0.255. The van der Waals surface area contributed by atoms with Crippen LogP contribution in [0.1, 0.15) is 11.1 Å². The summed E-state index contributed by atoms with van der Waals surface area (Å²) in [5, 5.41) is 0. The number of rotatable bonds is 2. The molecule has 2 heterocycles. The Morgan fingerprint density at radius 2 is 1.67 bits per heavy atom. The number of hydrogen-bond donors (Lipinski definition) is 0. The van der Waals surface area contributed by atoms with Crippen molar-refractivity contribution in [3.05, 3.63) is 71.9 Å². The summed E-state index contributed by atoms with van der Waals surface area (Å²) >= 11 is 0. The van der Waals surface area contributed by atoms with Gasteiger partial charge in [-0.2, -0.15) is 0 Å². The van der Waals surface area contributed by atoms with Gasteiger partial charge in [0.1, 0.15) is 5.82 Å². The van der Waals surface area contributed by atoms with Gasteiger partial charge in [-0.15, -0.1) is 0 Å². The van der Waals surface area contributed by atoms with E-state index in [1.807, 2.05) is 52.8 Å². The zero-order chi connectivity index (χ0) is 16.8. The normalized spacial score (nSPS) is 11.3. The van der Waals surface area contributed by atoms with E-state index in [4.69, 9.17) is 0 Å². The highest BCUT2D eigenvalue weighted by Gasteiger charge is 2.12. The summed E-state index contributed by atoms with van der Waals surface area (Å²) < 4.78 is 18.5. The Bertz CT molecular complexity index is 1060. The molecule has 0 unspecified atom stereocenters. The number of aryl methyl sites for hydroxylation is 3. The molecule has 0 spiro atoms. The highest BCUT2D eigenvalue weighted by Crippen LogP contribution is 2.28. The van der Waals surface area contributed by atoms with E-state index < -0.39 is 0 Å². The van der Waals surface area contributed by atoms with E-state index in [0.29, 0.717) is 11.3 Å². The number of benzene rings is 2. The number of aromatic nitrogens is 3.